The van der Waals surface area contributed by atoms with Crippen molar-refractivity contribution in [2.75, 3.05) is 128 Å². The van der Waals surface area contributed by atoms with E-state index in [4.69, 9.17) is 47.4 Å². The average Bonchev–Trinajstić information content (AvgIpc) is 1.11. The third kappa shape index (κ3) is 20.8. The Kier molecular flexibility index (Phi) is 28.1. The number of nitrogens with two attached hydrogens (primary N) is 4. The molecule has 0 spiro atoms. The third-order valence-electron chi connectivity index (χ3n) is 25.9. The Morgan fingerprint density at radius 2 is 0.843 bits per heavy atom. The number of benzene rings is 1. The molecule has 1 aromatic carbocycles. The minimum absolute atomic E-state index is 0.0145. The Morgan fingerprint density at radius 1 is 0.478 bits per heavy atom. The molecule has 0 radical (unpaired) electrons. The van der Waals surface area contributed by atoms with E-state index in [-0.39, 0.29) is 78.9 Å². The van der Waals surface area contributed by atoms with Crippen molar-refractivity contribution in [2.24, 2.45) is 11.3 Å². The molecule has 15 N–H and O–H groups in total. The van der Waals surface area contributed by atoms with Crippen LogP contribution < -0.4 is 84.5 Å². The number of anilines is 8. The van der Waals surface area contributed by atoms with Crippen LogP contribution in [0.3, 0.4) is 0 Å². The maximum Gasteiger partial charge on any atom is 0.263 e. The van der Waals surface area contributed by atoms with Gasteiger partial charge >= 0.3 is 0 Å². The van der Waals surface area contributed by atoms with E-state index in [1.807, 2.05) is 127 Å². The summed E-state index contributed by atoms with van der Waals surface area (Å²) in [6, 6.07) is 31.1. The van der Waals surface area contributed by atoms with Crippen LogP contribution in [-0.2, 0) is 49.7 Å². The zero-order valence-corrected chi connectivity index (χ0v) is 78.8. The van der Waals surface area contributed by atoms with Crippen molar-refractivity contribution in [2.45, 2.75) is 167 Å². The number of nitrogen functional groups attached to an aromatic ring is 4. The number of fused-ring (bicyclic) bond motifs is 8. The number of halogens is 6. The molecule has 8 aliphatic rings. The lowest BCUT2D eigenvalue weighted by Gasteiger charge is -2.49. The summed E-state index contributed by atoms with van der Waals surface area (Å²) in [4.78, 5) is 97.3. The van der Waals surface area contributed by atoms with Crippen LogP contribution in [0.2, 0.25) is 0 Å². The molecular weight excluding hydrogens is 1800 g/mol. The normalized spacial score (nSPS) is 20.6. The summed E-state index contributed by atoms with van der Waals surface area (Å²) in [5, 5.41) is 24.5. The highest BCUT2D eigenvalue weighted by molar-refractivity contribution is 7.22. The number of aryl methyl sites for hydroxylation is 7. The largest absolute Gasteiger partial charge is 0.491 e. The molecule has 16 heterocycles. The summed E-state index contributed by atoms with van der Waals surface area (Å²) in [7, 11) is 1.75. The fourth-order valence-electron chi connectivity index (χ4n) is 18.9. The minimum Gasteiger partial charge on any atom is -0.491 e. The Morgan fingerprint density at radius 3 is 1.21 bits per heavy atom. The number of aromatic nitrogens is 7. The van der Waals surface area contributed by atoms with E-state index in [2.05, 4.69) is 93.8 Å². The van der Waals surface area contributed by atoms with Gasteiger partial charge in [-0.05, 0) is 194 Å². The second-order valence-electron chi connectivity index (χ2n) is 36.4. The summed E-state index contributed by atoms with van der Waals surface area (Å²) in [5.74, 6) is 1.61. The first-order valence-corrected chi connectivity index (χ1v) is 48.4. The number of allylic oxidation sites excluding steroid dienone is 1. The predicted octanol–water partition coefficient (Wildman–Crippen LogP) is 13.3. The van der Waals surface area contributed by atoms with E-state index in [1.165, 1.54) is 51.0 Å². The molecule has 4 fully saturated rings. The van der Waals surface area contributed by atoms with Gasteiger partial charge in [0.1, 0.15) is 68.6 Å². The van der Waals surface area contributed by atoms with Gasteiger partial charge in [0.2, 0.25) is 6.43 Å². The number of thiophene rings is 4. The molecule has 5 aliphatic heterocycles. The van der Waals surface area contributed by atoms with Gasteiger partial charge in [-0.1, -0.05) is 37.8 Å². The highest BCUT2D eigenvalue weighted by atomic mass is 32.1. The number of pyridine rings is 7. The van der Waals surface area contributed by atoms with E-state index in [9.17, 15) is 45.5 Å². The maximum absolute atomic E-state index is 13.6. The zero-order chi connectivity index (χ0) is 94.2. The molecule has 20 rings (SSSR count). The second kappa shape index (κ2) is 40.0. The highest BCUT2D eigenvalue weighted by Gasteiger charge is 2.42. The number of nitrogens with zero attached hydrogens (tertiary/aromatic N) is 11. The second-order valence-corrected chi connectivity index (χ2v) is 40.4. The maximum atomic E-state index is 13.6. The molecule has 4 saturated heterocycles. The number of ether oxygens (including phenoxy) is 2. The molecule has 0 saturated carbocycles. The van der Waals surface area contributed by atoms with E-state index in [0.717, 1.165) is 179 Å². The fraction of sp³-hybridized carbons (Fsp3) is 0.427. The minimum atomic E-state index is -2.41. The van der Waals surface area contributed by atoms with Gasteiger partial charge in [0.15, 0.2) is 0 Å². The molecule has 38 heteroatoms. The van der Waals surface area contributed by atoms with Crippen LogP contribution in [0.5, 0.6) is 5.75 Å². The number of hydrogen-bond acceptors (Lipinski definition) is 28. The molecule has 11 aromatic heterocycles. The number of rotatable bonds is 19. The first-order valence-electron chi connectivity index (χ1n) is 45.1. The Bertz CT molecular complexity index is 6240. The SMILES string of the molecule is C=C(C)N[C@@H]1CN(c2ccc3c(n2)CC[C@H](NC(=O)c2sc4nc(C)ccc4c2N)C3)C[C@H]1C(F)F.COCC1(C)CN(c2ccc3c(c2)OC[C@H](NC(=O)c2sc4nc(C)ccc4c2N)C3)C1.Cc1ccc2c(N)c(C(=O)N[C@H]3CCc4nc(N5CCN[C@@H](C(F)F)C5)ccc4C3)sc2n1.Cc1ccc2c(N)c(C(=O)N[C@H]3CCc4nc(N5CCN[C@H](C(F)F)C5)ccc4C3)sc2n1. The van der Waals surface area contributed by atoms with Crippen LogP contribution in [-0.4, -0.2) is 206 Å². The van der Waals surface area contributed by atoms with Crippen LogP contribution >= 0.6 is 45.3 Å². The fourth-order valence-corrected chi connectivity index (χ4v) is 23.1. The first-order chi connectivity index (χ1) is 64.3. The lowest BCUT2D eigenvalue weighted by atomic mass is 9.82. The van der Waals surface area contributed by atoms with Crippen molar-refractivity contribution < 1.29 is 55.0 Å². The number of carbonyl (C=O) groups excluding carboxylic acids is 4. The molecule has 12 aromatic rings. The van der Waals surface area contributed by atoms with Gasteiger partial charge in [0.25, 0.3) is 36.5 Å². The van der Waals surface area contributed by atoms with Gasteiger partial charge in [0.05, 0.1) is 59.4 Å². The van der Waals surface area contributed by atoms with Gasteiger partial charge in [0, 0.05) is 175 Å². The van der Waals surface area contributed by atoms with Gasteiger partial charge in [-0.15, -0.1) is 45.3 Å². The molecule has 706 valence electrons. The van der Waals surface area contributed by atoms with Crippen molar-refractivity contribution in [1.29, 1.82) is 0 Å². The van der Waals surface area contributed by atoms with Crippen molar-refractivity contribution in [1.82, 2.24) is 72.1 Å². The number of alkyl halides is 6. The van der Waals surface area contributed by atoms with Gasteiger partial charge in [-0.2, -0.15) is 0 Å². The number of nitrogens with one attached hydrogen (secondary N) is 7. The van der Waals surface area contributed by atoms with Crippen molar-refractivity contribution >= 4 is 156 Å². The van der Waals surface area contributed by atoms with Crippen molar-refractivity contribution in [3.63, 3.8) is 0 Å². The van der Waals surface area contributed by atoms with Crippen LogP contribution in [0.15, 0.2) is 115 Å². The summed E-state index contributed by atoms with van der Waals surface area (Å²) in [6.45, 7) is 22.2. The predicted molar refractivity (Wildman–Crippen MR) is 520 cm³/mol. The van der Waals surface area contributed by atoms with Crippen LogP contribution in [0, 0.1) is 39.0 Å². The summed E-state index contributed by atoms with van der Waals surface area (Å²) >= 11 is 5.28. The summed E-state index contributed by atoms with van der Waals surface area (Å²) in [5.41, 5.74) is 39.7. The van der Waals surface area contributed by atoms with Crippen LogP contribution in [0.1, 0.15) is 134 Å². The first kappa shape index (κ1) is 94.0. The number of amides is 4. The lowest BCUT2D eigenvalue weighted by molar-refractivity contribution is 0.0701. The lowest BCUT2D eigenvalue weighted by Crippen LogP contribution is -2.57. The Labute approximate surface area is 787 Å². The van der Waals surface area contributed by atoms with Gasteiger partial charge in [-0.3, -0.25) is 19.2 Å². The third-order valence-corrected chi connectivity index (χ3v) is 30.4. The molecule has 0 bridgehead atoms. The van der Waals surface area contributed by atoms with E-state index in [0.29, 0.717) is 119 Å². The van der Waals surface area contributed by atoms with Gasteiger partial charge < -0.3 is 89.2 Å². The van der Waals surface area contributed by atoms with Crippen LogP contribution in [0.25, 0.3) is 40.9 Å². The zero-order valence-electron chi connectivity index (χ0n) is 75.5. The number of piperazine rings is 2. The average molecular weight is 1910 g/mol. The quantitative estimate of drug-likeness (QED) is 0.0335. The van der Waals surface area contributed by atoms with Crippen molar-refractivity contribution in [3.05, 3.63) is 197 Å². The summed E-state index contributed by atoms with van der Waals surface area (Å²) < 4.78 is 91.0. The highest BCUT2D eigenvalue weighted by Crippen LogP contribution is 2.42. The molecule has 0 unspecified atom stereocenters. The molecule has 4 amide bonds. The summed E-state index contributed by atoms with van der Waals surface area (Å²) in [6.07, 6.45) is -0.0408. The standard InChI is InChI=1S/C26H30F2N6OS.C24H28N4O3S.2C23H26F2N6OS/c1-13(2)30-20-12-34(11-18(20)24(27)28)21-9-5-15-10-16(6-8-19(15)33-21)32-25(35)23-22(29)17-7-4-14(3)31-26(17)36-23;1-14-4-7-18-20(25)21(32-23(18)26-14)22(29)27-16-8-15-5-6-17(9-19(15)31-10-16)28-11-24(2,12-28)13-30-3;2*1-12-2-5-15-19(26)20(33-23(15)28-12)22(32)29-14-4-6-16-13(10-14)3-7-18(30-16)31-9-8-27-17(11-31)21(24)25/h4-5,7,9,16,18,20,24,30H,1,6,8,10-12,29H2,2-3H3,(H,32,35);4-7,9,16H,8,10-13,25H2,1-3H3,(H,27,29);2*2-3,5,7,14,17,21,27H,4,6,8-11,26H2,1H3,(H,29,32)/t16-,18+,20+;16-;14-,17+;14-,17-/m0100/s1. The van der Waals surface area contributed by atoms with Crippen molar-refractivity contribution in [3.8, 4) is 5.75 Å². The molecule has 134 heavy (non-hydrogen) atoms. The van der Waals surface area contributed by atoms with E-state index < -0.39 is 37.3 Å². The Hall–Kier alpha value is -11.8. The smallest absolute Gasteiger partial charge is 0.263 e. The molecule has 8 atom stereocenters. The molecule has 3 aliphatic carbocycles. The monoisotopic (exact) mass is 1910 g/mol. The number of carbonyl (C=O) groups is 4. The van der Waals surface area contributed by atoms with Crippen LogP contribution in [0.4, 0.5) is 72.2 Å². The number of hydrogen-bond donors (Lipinski definition) is 11. The molecule has 28 nitrogen and oxygen atoms in total. The van der Waals surface area contributed by atoms with E-state index in [1.54, 1.807) is 14.0 Å². The van der Waals surface area contributed by atoms with E-state index >= 15 is 0 Å². The molecular formula is C96H110F6N22O6S4. The Balaban J connectivity index is 0.000000124. The topological polar surface area (TPSA) is 378 Å². The number of methoxy groups -OCH3 is 1. The van der Waals surface area contributed by atoms with Gasteiger partial charge in [-0.25, -0.2) is 61.2 Å².